The maximum absolute atomic E-state index is 5.49. The van der Waals surface area contributed by atoms with E-state index < -0.39 is 0 Å². The van der Waals surface area contributed by atoms with Gasteiger partial charge in [-0.2, -0.15) is 0 Å². The molecule has 2 aliphatic carbocycles. The van der Waals surface area contributed by atoms with Crippen LogP contribution in [0.1, 0.15) is 38.2 Å². The molecule has 2 fully saturated rings. The van der Waals surface area contributed by atoms with Gasteiger partial charge in [0.15, 0.2) is 0 Å². The van der Waals surface area contributed by atoms with Gasteiger partial charge in [-0.1, -0.05) is 25.1 Å². The van der Waals surface area contributed by atoms with Gasteiger partial charge in [-0.3, -0.25) is 0 Å². The van der Waals surface area contributed by atoms with E-state index >= 15 is 0 Å². The fraction of sp³-hybridized carbons (Fsp3) is 0.529. The van der Waals surface area contributed by atoms with E-state index in [0.29, 0.717) is 0 Å². The summed E-state index contributed by atoms with van der Waals surface area (Å²) in [4.78, 5) is 0. The third-order valence-electron chi connectivity index (χ3n) is 4.72. The zero-order chi connectivity index (χ0) is 12.5. The number of allylic oxidation sites excluding steroid dienone is 1. The van der Waals surface area contributed by atoms with Crippen molar-refractivity contribution in [3.05, 3.63) is 36.4 Å². The van der Waals surface area contributed by atoms with E-state index in [1.807, 2.05) is 6.92 Å². The molecule has 1 aromatic rings. The maximum atomic E-state index is 5.49. The molecule has 96 valence electrons. The highest BCUT2D eigenvalue weighted by atomic mass is 16.5. The monoisotopic (exact) mass is 242 g/mol. The van der Waals surface area contributed by atoms with Crippen LogP contribution in [-0.4, -0.2) is 6.61 Å². The predicted molar refractivity (Wildman–Crippen MR) is 75.6 cm³/mol. The largest absolute Gasteiger partial charge is 0.494 e. The summed E-state index contributed by atoms with van der Waals surface area (Å²) in [6, 6.07) is 8.47. The van der Waals surface area contributed by atoms with Crippen LogP contribution in [0.2, 0.25) is 0 Å². The summed E-state index contributed by atoms with van der Waals surface area (Å²) in [5.41, 5.74) is 2.65. The standard InChI is InChI=1S/C17H22O/c1-3-18-16-8-6-14(7-9-16)12(2)17-11-13-4-5-15(17)10-13/h6-9,13,15,17H,2-5,10-11H2,1H3. The van der Waals surface area contributed by atoms with Crippen molar-refractivity contribution in [2.45, 2.75) is 32.6 Å². The summed E-state index contributed by atoms with van der Waals surface area (Å²) < 4.78 is 5.49. The molecule has 0 amide bonds. The second-order valence-corrected chi connectivity index (χ2v) is 5.76. The molecule has 0 spiro atoms. The first-order valence-electron chi connectivity index (χ1n) is 7.20. The van der Waals surface area contributed by atoms with Crippen LogP contribution in [0.5, 0.6) is 5.75 Å². The number of ether oxygens (including phenoxy) is 1. The molecule has 18 heavy (non-hydrogen) atoms. The molecule has 1 aromatic carbocycles. The molecule has 3 rings (SSSR count). The van der Waals surface area contributed by atoms with Crippen LogP contribution in [0.15, 0.2) is 30.8 Å². The van der Waals surface area contributed by atoms with Gasteiger partial charge in [0.1, 0.15) is 5.75 Å². The minimum atomic E-state index is 0.729. The van der Waals surface area contributed by atoms with Crippen LogP contribution < -0.4 is 4.74 Å². The Bertz CT molecular complexity index is 431. The van der Waals surface area contributed by atoms with Crippen LogP contribution in [0.25, 0.3) is 5.57 Å². The Morgan fingerprint density at radius 2 is 2.00 bits per heavy atom. The zero-order valence-corrected chi connectivity index (χ0v) is 11.2. The molecule has 3 unspecified atom stereocenters. The van der Waals surface area contributed by atoms with Gasteiger partial charge in [0, 0.05) is 0 Å². The highest BCUT2D eigenvalue weighted by Crippen LogP contribution is 2.52. The van der Waals surface area contributed by atoms with E-state index in [9.17, 15) is 0 Å². The highest BCUT2D eigenvalue weighted by molar-refractivity contribution is 5.66. The number of fused-ring (bicyclic) bond motifs is 2. The minimum Gasteiger partial charge on any atom is -0.494 e. The van der Waals surface area contributed by atoms with Crippen LogP contribution in [-0.2, 0) is 0 Å². The topological polar surface area (TPSA) is 9.23 Å². The summed E-state index contributed by atoms with van der Waals surface area (Å²) in [5.74, 6) is 3.59. The number of hydrogen-bond acceptors (Lipinski definition) is 1. The quantitative estimate of drug-likeness (QED) is 0.753. The summed E-state index contributed by atoms with van der Waals surface area (Å²) in [5, 5.41) is 0. The van der Waals surface area contributed by atoms with Crippen molar-refractivity contribution in [1.29, 1.82) is 0 Å². The van der Waals surface area contributed by atoms with E-state index in [2.05, 4.69) is 30.8 Å². The molecule has 0 radical (unpaired) electrons. The smallest absolute Gasteiger partial charge is 0.119 e. The summed E-state index contributed by atoms with van der Waals surface area (Å²) in [6.07, 6.45) is 5.69. The zero-order valence-electron chi connectivity index (χ0n) is 11.2. The first-order chi connectivity index (χ1) is 8.78. The van der Waals surface area contributed by atoms with Gasteiger partial charge in [0.25, 0.3) is 0 Å². The Hall–Kier alpha value is -1.24. The SMILES string of the molecule is C=C(c1ccc(OCC)cc1)C1CC2CCC1C2. The molecule has 0 heterocycles. The molecule has 0 saturated heterocycles. The minimum absolute atomic E-state index is 0.729. The lowest BCUT2D eigenvalue weighted by Crippen LogP contribution is -2.11. The van der Waals surface area contributed by atoms with Gasteiger partial charge in [-0.15, -0.1) is 0 Å². The molecular weight excluding hydrogens is 220 g/mol. The Kier molecular flexibility index (Phi) is 3.15. The van der Waals surface area contributed by atoms with Crippen molar-refractivity contribution in [2.75, 3.05) is 6.61 Å². The van der Waals surface area contributed by atoms with E-state index in [0.717, 1.165) is 30.1 Å². The van der Waals surface area contributed by atoms with Gasteiger partial charge in [-0.05, 0) is 67.2 Å². The van der Waals surface area contributed by atoms with Crippen LogP contribution >= 0.6 is 0 Å². The van der Waals surface area contributed by atoms with Crippen molar-refractivity contribution in [1.82, 2.24) is 0 Å². The molecule has 0 aliphatic heterocycles. The highest BCUT2D eigenvalue weighted by Gasteiger charge is 2.40. The van der Waals surface area contributed by atoms with Crippen molar-refractivity contribution >= 4 is 5.57 Å². The summed E-state index contributed by atoms with van der Waals surface area (Å²) >= 11 is 0. The molecule has 1 nitrogen and oxygen atoms in total. The molecule has 2 bridgehead atoms. The van der Waals surface area contributed by atoms with E-state index in [1.54, 1.807) is 0 Å². The van der Waals surface area contributed by atoms with Gasteiger partial charge in [0.05, 0.1) is 6.61 Å². The molecule has 2 saturated carbocycles. The number of rotatable bonds is 4. The van der Waals surface area contributed by atoms with Crippen molar-refractivity contribution in [3.63, 3.8) is 0 Å². The molecule has 2 aliphatic rings. The van der Waals surface area contributed by atoms with Gasteiger partial charge < -0.3 is 4.74 Å². The Labute approximate surface area is 110 Å². The Morgan fingerprint density at radius 1 is 1.22 bits per heavy atom. The second-order valence-electron chi connectivity index (χ2n) is 5.76. The fourth-order valence-corrected chi connectivity index (χ4v) is 3.82. The number of benzene rings is 1. The maximum Gasteiger partial charge on any atom is 0.119 e. The Morgan fingerprint density at radius 3 is 2.56 bits per heavy atom. The lowest BCUT2D eigenvalue weighted by Gasteiger charge is -2.24. The van der Waals surface area contributed by atoms with Crippen LogP contribution in [0.3, 0.4) is 0 Å². The van der Waals surface area contributed by atoms with Crippen molar-refractivity contribution < 1.29 is 4.74 Å². The van der Waals surface area contributed by atoms with Crippen molar-refractivity contribution in [2.24, 2.45) is 17.8 Å². The van der Waals surface area contributed by atoms with Gasteiger partial charge in [-0.25, -0.2) is 0 Å². The second kappa shape index (κ2) is 4.79. The third-order valence-corrected chi connectivity index (χ3v) is 4.72. The summed E-state index contributed by atoms with van der Waals surface area (Å²) in [6.45, 7) is 7.11. The lowest BCUT2D eigenvalue weighted by molar-refractivity contribution is 0.340. The van der Waals surface area contributed by atoms with E-state index in [4.69, 9.17) is 4.74 Å². The van der Waals surface area contributed by atoms with Gasteiger partial charge in [0.2, 0.25) is 0 Å². The molecule has 0 N–H and O–H groups in total. The van der Waals surface area contributed by atoms with Crippen LogP contribution in [0.4, 0.5) is 0 Å². The molecule has 1 heteroatoms. The summed E-state index contributed by atoms with van der Waals surface area (Å²) in [7, 11) is 0. The molecular formula is C17H22O. The first kappa shape index (κ1) is 11.8. The average molecular weight is 242 g/mol. The van der Waals surface area contributed by atoms with E-state index in [1.165, 1.54) is 36.8 Å². The first-order valence-corrected chi connectivity index (χ1v) is 7.20. The van der Waals surface area contributed by atoms with Gasteiger partial charge >= 0.3 is 0 Å². The third kappa shape index (κ3) is 2.07. The van der Waals surface area contributed by atoms with Crippen LogP contribution in [0, 0.1) is 17.8 Å². The normalized spacial score (nSPS) is 29.5. The van der Waals surface area contributed by atoms with Crippen molar-refractivity contribution in [3.8, 4) is 5.75 Å². The average Bonchev–Trinajstić information content (AvgIpc) is 3.01. The molecule has 0 aromatic heterocycles. The predicted octanol–water partition coefficient (Wildman–Crippen LogP) is 4.53. The molecule has 3 atom stereocenters. The lowest BCUT2D eigenvalue weighted by atomic mass is 9.81. The van der Waals surface area contributed by atoms with E-state index in [-0.39, 0.29) is 0 Å². The number of hydrogen-bond donors (Lipinski definition) is 0. The Balaban J connectivity index is 1.72. The fourth-order valence-electron chi connectivity index (χ4n) is 3.82.